The number of carbonyl (C=O) groups is 1. The standard InChI is InChI=1S/C8H8BrNO3/c1-13-8(12)4-2-5(9)7(10)6(11)3-4/h2-3,11H,10H2,1H3. The quantitative estimate of drug-likeness (QED) is 0.447. The summed E-state index contributed by atoms with van der Waals surface area (Å²) >= 11 is 3.10. The summed E-state index contributed by atoms with van der Waals surface area (Å²) in [6.07, 6.45) is 0. The van der Waals surface area contributed by atoms with Gasteiger partial charge in [0, 0.05) is 4.47 Å². The summed E-state index contributed by atoms with van der Waals surface area (Å²) in [5.41, 5.74) is 5.90. The van der Waals surface area contributed by atoms with Crippen LogP contribution in [0.3, 0.4) is 0 Å². The van der Waals surface area contributed by atoms with Gasteiger partial charge in [-0.1, -0.05) is 0 Å². The van der Waals surface area contributed by atoms with Gasteiger partial charge >= 0.3 is 5.97 Å². The molecular formula is C8H8BrNO3. The maximum absolute atomic E-state index is 11.0. The predicted molar refractivity (Wildman–Crippen MR) is 51.6 cm³/mol. The molecule has 0 aliphatic heterocycles. The van der Waals surface area contributed by atoms with Crippen molar-refractivity contribution in [2.24, 2.45) is 0 Å². The molecule has 1 aromatic carbocycles. The van der Waals surface area contributed by atoms with E-state index in [-0.39, 0.29) is 17.0 Å². The van der Waals surface area contributed by atoms with Crippen molar-refractivity contribution in [1.82, 2.24) is 0 Å². The lowest BCUT2D eigenvalue weighted by atomic mass is 10.2. The summed E-state index contributed by atoms with van der Waals surface area (Å²) in [5, 5.41) is 9.26. The van der Waals surface area contributed by atoms with E-state index in [1.807, 2.05) is 0 Å². The number of benzene rings is 1. The molecule has 3 N–H and O–H groups in total. The van der Waals surface area contributed by atoms with E-state index in [1.165, 1.54) is 19.2 Å². The first-order chi connectivity index (χ1) is 6.06. The first-order valence-corrected chi connectivity index (χ1v) is 4.22. The molecule has 0 saturated heterocycles. The van der Waals surface area contributed by atoms with E-state index < -0.39 is 5.97 Å². The lowest BCUT2D eigenvalue weighted by molar-refractivity contribution is 0.0600. The number of esters is 1. The fourth-order valence-electron chi connectivity index (χ4n) is 0.839. The van der Waals surface area contributed by atoms with Crippen LogP contribution in [0.15, 0.2) is 16.6 Å². The number of nitrogen functional groups attached to an aromatic ring is 1. The van der Waals surface area contributed by atoms with E-state index in [4.69, 9.17) is 5.73 Å². The molecule has 0 aromatic heterocycles. The zero-order valence-electron chi connectivity index (χ0n) is 6.87. The van der Waals surface area contributed by atoms with Gasteiger partial charge in [0.15, 0.2) is 0 Å². The first-order valence-electron chi connectivity index (χ1n) is 3.42. The summed E-state index contributed by atoms with van der Waals surface area (Å²) in [5.74, 6) is -0.661. The Balaban J connectivity index is 3.20. The maximum atomic E-state index is 11.0. The number of anilines is 1. The molecule has 5 heteroatoms. The Morgan fingerprint density at radius 1 is 1.62 bits per heavy atom. The zero-order valence-corrected chi connectivity index (χ0v) is 8.46. The van der Waals surface area contributed by atoms with Crippen molar-refractivity contribution in [3.05, 3.63) is 22.2 Å². The molecule has 0 radical (unpaired) electrons. The second kappa shape index (κ2) is 3.66. The van der Waals surface area contributed by atoms with Crippen molar-refractivity contribution >= 4 is 27.6 Å². The summed E-state index contributed by atoms with van der Waals surface area (Å²) < 4.78 is 4.94. The minimum atomic E-state index is -0.518. The molecule has 0 spiro atoms. The molecule has 70 valence electrons. The first kappa shape index (κ1) is 9.85. The van der Waals surface area contributed by atoms with Gasteiger partial charge in [-0.25, -0.2) is 4.79 Å². The number of phenolic OH excluding ortho intramolecular Hbond substituents is 1. The molecule has 0 saturated carbocycles. The van der Waals surface area contributed by atoms with Gasteiger partial charge in [-0.15, -0.1) is 0 Å². The molecule has 0 aliphatic carbocycles. The molecule has 1 rings (SSSR count). The molecule has 1 aromatic rings. The second-order valence-electron chi connectivity index (χ2n) is 2.38. The molecule has 13 heavy (non-hydrogen) atoms. The minimum Gasteiger partial charge on any atom is -0.506 e. The Bertz CT molecular complexity index is 328. The SMILES string of the molecule is COC(=O)c1cc(O)c(N)c(Br)c1. The van der Waals surface area contributed by atoms with E-state index in [0.717, 1.165) is 0 Å². The Morgan fingerprint density at radius 2 is 2.23 bits per heavy atom. The highest BCUT2D eigenvalue weighted by atomic mass is 79.9. The van der Waals surface area contributed by atoms with Crippen molar-refractivity contribution in [3.8, 4) is 5.75 Å². The molecule has 0 aliphatic rings. The van der Waals surface area contributed by atoms with Crippen LogP contribution in [0.25, 0.3) is 0 Å². The third-order valence-corrected chi connectivity index (χ3v) is 2.18. The number of carbonyl (C=O) groups excluding carboxylic acids is 1. The molecule has 0 heterocycles. The Morgan fingerprint density at radius 3 is 2.69 bits per heavy atom. The van der Waals surface area contributed by atoms with E-state index in [0.29, 0.717) is 4.47 Å². The number of rotatable bonds is 1. The van der Waals surface area contributed by atoms with E-state index in [2.05, 4.69) is 20.7 Å². The molecule has 0 amide bonds. The van der Waals surface area contributed by atoms with Crippen LogP contribution in [-0.2, 0) is 4.74 Å². The number of hydrogen-bond donors (Lipinski definition) is 2. The van der Waals surface area contributed by atoms with Crippen LogP contribution in [0.2, 0.25) is 0 Å². The van der Waals surface area contributed by atoms with Crippen molar-refractivity contribution in [2.45, 2.75) is 0 Å². The van der Waals surface area contributed by atoms with Gasteiger partial charge in [0.05, 0.1) is 18.4 Å². The average Bonchev–Trinajstić information content (AvgIpc) is 2.12. The largest absolute Gasteiger partial charge is 0.506 e. The lowest BCUT2D eigenvalue weighted by Crippen LogP contribution is -2.01. The van der Waals surface area contributed by atoms with Crippen molar-refractivity contribution < 1.29 is 14.6 Å². The number of hydrogen-bond acceptors (Lipinski definition) is 4. The van der Waals surface area contributed by atoms with Gasteiger partial charge in [-0.3, -0.25) is 0 Å². The van der Waals surface area contributed by atoms with Gasteiger partial charge in [-0.05, 0) is 28.1 Å². The number of ether oxygens (including phenoxy) is 1. The van der Waals surface area contributed by atoms with E-state index in [9.17, 15) is 9.90 Å². The van der Waals surface area contributed by atoms with Crippen LogP contribution in [0.1, 0.15) is 10.4 Å². The van der Waals surface area contributed by atoms with E-state index >= 15 is 0 Å². The van der Waals surface area contributed by atoms with Crippen LogP contribution in [0.5, 0.6) is 5.75 Å². The van der Waals surface area contributed by atoms with Gasteiger partial charge in [0.25, 0.3) is 0 Å². The summed E-state index contributed by atoms with van der Waals surface area (Å²) in [6.45, 7) is 0. The topological polar surface area (TPSA) is 72.5 Å². The fourth-order valence-corrected chi connectivity index (χ4v) is 1.29. The van der Waals surface area contributed by atoms with Crippen LogP contribution in [-0.4, -0.2) is 18.2 Å². The van der Waals surface area contributed by atoms with Crippen LogP contribution in [0, 0.1) is 0 Å². The molecular weight excluding hydrogens is 238 g/mol. The number of phenols is 1. The number of methoxy groups -OCH3 is 1. The highest BCUT2D eigenvalue weighted by molar-refractivity contribution is 9.10. The smallest absolute Gasteiger partial charge is 0.338 e. The number of aromatic hydroxyl groups is 1. The van der Waals surface area contributed by atoms with Crippen LogP contribution in [0.4, 0.5) is 5.69 Å². The number of nitrogens with two attached hydrogens (primary N) is 1. The highest BCUT2D eigenvalue weighted by Gasteiger charge is 2.10. The van der Waals surface area contributed by atoms with Crippen molar-refractivity contribution in [3.63, 3.8) is 0 Å². The molecule has 0 bridgehead atoms. The maximum Gasteiger partial charge on any atom is 0.338 e. The average molecular weight is 246 g/mol. The van der Waals surface area contributed by atoms with Crippen LogP contribution >= 0.6 is 15.9 Å². The molecule has 4 nitrogen and oxygen atoms in total. The normalized spacial score (nSPS) is 9.69. The molecule has 0 unspecified atom stereocenters. The lowest BCUT2D eigenvalue weighted by Gasteiger charge is -2.04. The molecule has 0 atom stereocenters. The summed E-state index contributed by atoms with van der Waals surface area (Å²) in [6, 6.07) is 2.74. The van der Waals surface area contributed by atoms with Gasteiger partial charge in [-0.2, -0.15) is 0 Å². The summed E-state index contributed by atoms with van der Waals surface area (Å²) in [4.78, 5) is 11.0. The predicted octanol–water partition coefficient (Wildman–Crippen LogP) is 1.52. The highest BCUT2D eigenvalue weighted by Crippen LogP contribution is 2.30. The van der Waals surface area contributed by atoms with Crippen LogP contribution < -0.4 is 5.73 Å². The third kappa shape index (κ3) is 1.92. The Kier molecular flexibility index (Phi) is 2.77. The monoisotopic (exact) mass is 245 g/mol. The van der Waals surface area contributed by atoms with Gasteiger partial charge in [0.1, 0.15) is 5.75 Å². The second-order valence-corrected chi connectivity index (χ2v) is 3.24. The zero-order chi connectivity index (χ0) is 10.0. The Labute approximate surface area is 83.4 Å². The third-order valence-electron chi connectivity index (χ3n) is 1.53. The van der Waals surface area contributed by atoms with Crippen molar-refractivity contribution in [2.75, 3.05) is 12.8 Å². The molecule has 0 fully saturated rings. The van der Waals surface area contributed by atoms with E-state index in [1.54, 1.807) is 0 Å². The summed E-state index contributed by atoms with van der Waals surface area (Å²) in [7, 11) is 1.27. The fraction of sp³-hybridized carbons (Fsp3) is 0.125. The van der Waals surface area contributed by atoms with Crippen molar-refractivity contribution in [1.29, 1.82) is 0 Å². The van der Waals surface area contributed by atoms with Gasteiger partial charge in [0.2, 0.25) is 0 Å². The Hall–Kier alpha value is -1.23. The minimum absolute atomic E-state index is 0.144. The van der Waals surface area contributed by atoms with Gasteiger partial charge < -0.3 is 15.6 Å². The number of halogens is 1.